The first-order valence-corrected chi connectivity index (χ1v) is 8.91. The van der Waals surface area contributed by atoms with Gasteiger partial charge in [-0.3, -0.25) is 10.2 Å². The summed E-state index contributed by atoms with van der Waals surface area (Å²) in [6.07, 6.45) is 2.31. The molecule has 6 heteroatoms. The van der Waals surface area contributed by atoms with Gasteiger partial charge in [-0.2, -0.15) is 0 Å². The molecule has 0 spiro atoms. The van der Waals surface area contributed by atoms with Crippen LogP contribution < -0.4 is 10.9 Å². The molecular weight excluding hydrogens is 322 g/mol. The third-order valence-electron chi connectivity index (χ3n) is 3.98. The number of esters is 1. The van der Waals surface area contributed by atoms with Crippen LogP contribution in [0.1, 0.15) is 26.2 Å². The summed E-state index contributed by atoms with van der Waals surface area (Å²) in [7, 11) is 0. The number of cyclic esters (lactones) is 1. The molecule has 5 nitrogen and oxygen atoms in total. The van der Waals surface area contributed by atoms with Gasteiger partial charge in [0.25, 0.3) is 0 Å². The Kier molecular flexibility index (Phi) is 5.15. The Hall–Kier alpha value is -2.34. The van der Waals surface area contributed by atoms with Gasteiger partial charge in [0, 0.05) is 16.6 Å². The topological polar surface area (TPSA) is 63.2 Å². The highest BCUT2D eigenvalue weighted by Gasteiger charge is 2.31. The first-order valence-electron chi connectivity index (χ1n) is 8.03. The van der Waals surface area contributed by atoms with Crippen molar-refractivity contribution in [3.05, 3.63) is 48.0 Å². The number of carbonyl (C=O) groups is 1. The van der Waals surface area contributed by atoms with E-state index in [0.29, 0.717) is 0 Å². The molecule has 3 rings (SSSR count). The molecule has 0 bridgehead atoms. The number of benzene rings is 1. The smallest absolute Gasteiger partial charge is 0.309 e. The maximum atomic E-state index is 11.6. The summed E-state index contributed by atoms with van der Waals surface area (Å²) in [5.74, 6) is -0.0984. The second-order valence-electron chi connectivity index (χ2n) is 5.98. The molecule has 24 heavy (non-hydrogen) atoms. The molecule has 1 aromatic heterocycles. The summed E-state index contributed by atoms with van der Waals surface area (Å²) < 4.78 is 5.17. The van der Waals surface area contributed by atoms with Gasteiger partial charge < -0.3 is 10.2 Å². The van der Waals surface area contributed by atoms with Crippen molar-refractivity contribution in [2.24, 2.45) is 5.92 Å². The molecule has 2 N–H and O–H groups in total. The molecule has 1 fully saturated rings. The van der Waals surface area contributed by atoms with E-state index < -0.39 is 0 Å². The molecule has 126 valence electrons. The van der Waals surface area contributed by atoms with Gasteiger partial charge in [0.15, 0.2) is 0 Å². The largest absolute Gasteiger partial charge is 0.462 e. The second kappa shape index (κ2) is 7.49. The van der Waals surface area contributed by atoms with Crippen LogP contribution in [0.2, 0.25) is 0 Å². The van der Waals surface area contributed by atoms with Gasteiger partial charge in [0.2, 0.25) is 5.13 Å². The van der Waals surface area contributed by atoms with Crippen LogP contribution in [-0.2, 0) is 9.53 Å². The first kappa shape index (κ1) is 16.5. The van der Waals surface area contributed by atoms with Crippen LogP contribution in [0.3, 0.4) is 0 Å². The van der Waals surface area contributed by atoms with Crippen LogP contribution in [0, 0.1) is 5.92 Å². The van der Waals surface area contributed by atoms with Gasteiger partial charge in [0.1, 0.15) is 0 Å². The highest BCUT2D eigenvalue weighted by molar-refractivity contribution is 7.14. The zero-order chi connectivity index (χ0) is 16.9. The average molecular weight is 343 g/mol. The normalized spacial score (nSPS) is 19.8. The lowest BCUT2D eigenvalue weighted by Gasteiger charge is -2.11. The van der Waals surface area contributed by atoms with E-state index in [9.17, 15) is 4.79 Å². The lowest BCUT2D eigenvalue weighted by molar-refractivity contribution is -0.143. The van der Waals surface area contributed by atoms with Crippen LogP contribution >= 0.6 is 11.3 Å². The average Bonchev–Trinajstić information content (AvgIpc) is 3.18. The molecule has 0 aliphatic carbocycles. The van der Waals surface area contributed by atoms with Gasteiger partial charge in [-0.05, 0) is 26.2 Å². The first-order chi connectivity index (χ1) is 11.6. The van der Waals surface area contributed by atoms with Crippen molar-refractivity contribution in [1.82, 2.24) is 10.4 Å². The van der Waals surface area contributed by atoms with Crippen molar-refractivity contribution in [1.29, 1.82) is 0 Å². The molecule has 1 aliphatic rings. The molecule has 0 radical (unpaired) electrons. The Morgan fingerprint density at radius 3 is 2.92 bits per heavy atom. The third-order valence-corrected chi connectivity index (χ3v) is 4.74. The maximum Gasteiger partial charge on any atom is 0.309 e. The van der Waals surface area contributed by atoms with Crippen LogP contribution in [0.25, 0.3) is 11.3 Å². The van der Waals surface area contributed by atoms with Crippen LogP contribution in [0.15, 0.2) is 48.0 Å². The number of carbonyl (C=O) groups excluding carboxylic acids is 1. The molecule has 0 amide bonds. The molecule has 1 aliphatic heterocycles. The molecular formula is C18H21N3O2S. The Morgan fingerprint density at radius 1 is 1.42 bits per heavy atom. The second-order valence-corrected chi connectivity index (χ2v) is 6.83. The molecule has 0 saturated carbocycles. The lowest BCUT2D eigenvalue weighted by Crippen LogP contribution is -2.21. The summed E-state index contributed by atoms with van der Waals surface area (Å²) in [5.41, 5.74) is 9.00. The SMILES string of the molecule is C=C(CCC1CC(C)OC1=O)NNc1nc(-c2ccccc2)cs1. The van der Waals surface area contributed by atoms with Crippen molar-refractivity contribution in [2.45, 2.75) is 32.3 Å². The van der Waals surface area contributed by atoms with Crippen molar-refractivity contribution in [2.75, 3.05) is 5.43 Å². The number of aromatic nitrogens is 1. The fourth-order valence-corrected chi connectivity index (χ4v) is 3.37. The molecule has 2 atom stereocenters. The van der Waals surface area contributed by atoms with Crippen molar-refractivity contribution in [3.63, 3.8) is 0 Å². The number of hydrogen-bond donors (Lipinski definition) is 2. The molecule has 2 unspecified atom stereocenters. The zero-order valence-electron chi connectivity index (χ0n) is 13.6. The van der Waals surface area contributed by atoms with Crippen LogP contribution in [0.5, 0.6) is 0 Å². The molecule has 2 heterocycles. The Bertz CT molecular complexity index is 714. The summed E-state index contributed by atoms with van der Waals surface area (Å²) >= 11 is 1.53. The van der Waals surface area contributed by atoms with Gasteiger partial charge in [-0.15, -0.1) is 11.3 Å². The number of anilines is 1. The minimum Gasteiger partial charge on any atom is -0.462 e. The van der Waals surface area contributed by atoms with Crippen molar-refractivity contribution in [3.8, 4) is 11.3 Å². The number of hydrogen-bond acceptors (Lipinski definition) is 6. The minimum absolute atomic E-state index is 0.0110. The number of nitrogens with zero attached hydrogens (tertiary/aromatic N) is 1. The zero-order valence-corrected chi connectivity index (χ0v) is 14.4. The fraction of sp³-hybridized carbons (Fsp3) is 0.333. The summed E-state index contributed by atoms with van der Waals surface area (Å²) in [6, 6.07) is 10.1. The minimum atomic E-state index is -0.0873. The number of ether oxygens (including phenoxy) is 1. The highest BCUT2D eigenvalue weighted by atomic mass is 32.1. The van der Waals surface area contributed by atoms with Crippen LogP contribution in [0.4, 0.5) is 5.13 Å². The van der Waals surface area contributed by atoms with E-state index in [1.807, 2.05) is 42.6 Å². The summed E-state index contributed by atoms with van der Waals surface area (Å²) in [6.45, 7) is 5.92. The molecule has 1 saturated heterocycles. The van der Waals surface area contributed by atoms with E-state index in [1.54, 1.807) is 0 Å². The number of nitrogens with one attached hydrogen (secondary N) is 2. The van der Waals surface area contributed by atoms with E-state index in [-0.39, 0.29) is 18.0 Å². The van der Waals surface area contributed by atoms with Gasteiger partial charge in [-0.25, -0.2) is 4.98 Å². The van der Waals surface area contributed by atoms with E-state index in [2.05, 4.69) is 22.4 Å². The Labute approximate surface area is 145 Å². The quantitative estimate of drug-likeness (QED) is 0.588. The molecule has 1 aromatic carbocycles. The predicted molar refractivity (Wildman–Crippen MR) is 96.3 cm³/mol. The fourth-order valence-electron chi connectivity index (χ4n) is 2.70. The monoisotopic (exact) mass is 343 g/mol. The standard InChI is InChI=1S/C18H21N3O2S/c1-12(8-9-15-10-13(2)23-17(15)22)20-21-18-19-16(11-24-18)14-6-4-3-5-7-14/h3-7,11,13,15,20H,1,8-10H2,2H3,(H,19,21). The van der Waals surface area contributed by atoms with Gasteiger partial charge >= 0.3 is 5.97 Å². The van der Waals surface area contributed by atoms with E-state index in [0.717, 1.165) is 41.3 Å². The summed E-state index contributed by atoms with van der Waals surface area (Å²) in [5, 5.41) is 2.79. The number of hydrazine groups is 1. The number of allylic oxidation sites excluding steroid dienone is 1. The van der Waals surface area contributed by atoms with Crippen LogP contribution in [-0.4, -0.2) is 17.1 Å². The van der Waals surface area contributed by atoms with Crippen molar-refractivity contribution >= 4 is 22.4 Å². The van der Waals surface area contributed by atoms with E-state index in [1.165, 1.54) is 11.3 Å². The Balaban J connectivity index is 1.45. The number of thiazole rings is 1. The van der Waals surface area contributed by atoms with E-state index in [4.69, 9.17) is 4.74 Å². The maximum absolute atomic E-state index is 11.6. The number of rotatable bonds is 7. The summed E-state index contributed by atoms with van der Waals surface area (Å²) in [4.78, 5) is 16.2. The highest BCUT2D eigenvalue weighted by Crippen LogP contribution is 2.26. The molecule has 2 aromatic rings. The Morgan fingerprint density at radius 2 is 2.21 bits per heavy atom. The lowest BCUT2D eigenvalue weighted by atomic mass is 9.99. The predicted octanol–water partition coefficient (Wildman–Crippen LogP) is 3.97. The third kappa shape index (κ3) is 4.14. The van der Waals surface area contributed by atoms with Gasteiger partial charge in [-0.1, -0.05) is 36.9 Å². The van der Waals surface area contributed by atoms with Gasteiger partial charge in [0.05, 0.1) is 17.7 Å². The van der Waals surface area contributed by atoms with Crippen molar-refractivity contribution < 1.29 is 9.53 Å². The van der Waals surface area contributed by atoms with E-state index >= 15 is 0 Å².